The molecule has 0 spiro atoms. The molecule has 0 aromatic rings. The molecule has 0 heterocycles. The maximum absolute atomic E-state index is 12.4. The number of aliphatic hydroxyl groups is 2. The normalized spacial score (nSPS) is 16.4. The molecule has 0 saturated heterocycles. The first-order chi connectivity index (χ1) is 8.64. The van der Waals surface area contributed by atoms with Gasteiger partial charge in [-0.3, -0.25) is 4.57 Å². The van der Waals surface area contributed by atoms with Crippen LogP contribution < -0.4 is 0 Å². The molecular weight excluding hydrogens is 265 g/mol. The van der Waals surface area contributed by atoms with Gasteiger partial charge in [0.25, 0.3) is 0 Å². The molecule has 0 aliphatic rings. The summed E-state index contributed by atoms with van der Waals surface area (Å²) in [4.78, 5) is 0. The standard InChI is InChI=1S/C13H31NO4P/c1-6-14(7-10-15,8-11-16)9-12-18-19(5,17)13(2,3)4/h15-16H,6-12H2,1-5H3/q+1. The summed E-state index contributed by atoms with van der Waals surface area (Å²) >= 11 is 0. The van der Waals surface area contributed by atoms with Crippen LogP contribution in [0, 0.1) is 0 Å². The molecule has 0 aliphatic carbocycles. The van der Waals surface area contributed by atoms with E-state index < -0.39 is 7.37 Å². The van der Waals surface area contributed by atoms with Crippen LogP contribution in [-0.4, -0.2) is 72.5 Å². The molecule has 0 aromatic heterocycles. The number of rotatable bonds is 9. The second-order valence-electron chi connectivity index (χ2n) is 6.13. The van der Waals surface area contributed by atoms with Gasteiger partial charge in [-0.05, 0) is 6.92 Å². The van der Waals surface area contributed by atoms with E-state index in [1.54, 1.807) is 6.66 Å². The van der Waals surface area contributed by atoms with Crippen molar-refractivity contribution < 1.29 is 23.8 Å². The molecule has 1 atom stereocenters. The number of hydrogen-bond acceptors (Lipinski definition) is 4. The molecule has 0 rings (SSSR count). The van der Waals surface area contributed by atoms with Gasteiger partial charge in [-0.1, -0.05) is 20.8 Å². The number of nitrogens with zero attached hydrogens (tertiary/aromatic N) is 1. The van der Waals surface area contributed by atoms with Crippen LogP contribution >= 0.6 is 7.37 Å². The fraction of sp³-hybridized carbons (Fsp3) is 1.00. The Hall–Kier alpha value is 0.0700. The number of hydrogen-bond donors (Lipinski definition) is 2. The Labute approximate surface area is 117 Å². The summed E-state index contributed by atoms with van der Waals surface area (Å²) in [5, 5.41) is 18.0. The SMILES string of the molecule is CC[N+](CCO)(CCO)CCOP(C)(=O)C(C)(C)C. The van der Waals surface area contributed by atoms with E-state index >= 15 is 0 Å². The van der Waals surface area contributed by atoms with E-state index in [2.05, 4.69) is 0 Å². The maximum Gasteiger partial charge on any atom is 0.205 e. The summed E-state index contributed by atoms with van der Waals surface area (Å²) in [7, 11) is -2.65. The second kappa shape index (κ2) is 7.75. The van der Waals surface area contributed by atoms with Crippen LogP contribution in [-0.2, 0) is 9.09 Å². The Bertz CT molecular complexity index is 296. The highest BCUT2D eigenvalue weighted by atomic mass is 31.2. The third kappa shape index (κ3) is 5.92. The highest BCUT2D eigenvalue weighted by Crippen LogP contribution is 2.55. The van der Waals surface area contributed by atoms with Gasteiger partial charge in [-0.25, -0.2) is 0 Å². The zero-order valence-corrected chi connectivity index (χ0v) is 13.9. The van der Waals surface area contributed by atoms with Crippen LogP contribution in [0.2, 0.25) is 0 Å². The first-order valence-corrected chi connectivity index (χ1v) is 9.00. The molecule has 19 heavy (non-hydrogen) atoms. The van der Waals surface area contributed by atoms with Gasteiger partial charge in [0.2, 0.25) is 7.37 Å². The van der Waals surface area contributed by atoms with E-state index in [1.807, 2.05) is 27.7 Å². The minimum Gasteiger partial charge on any atom is -0.391 e. The van der Waals surface area contributed by atoms with Gasteiger partial charge < -0.3 is 19.2 Å². The highest BCUT2D eigenvalue weighted by molar-refractivity contribution is 7.59. The lowest BCUT2D eigenvalue weighted by molar-refractivity contribution is -0.927. The summed E-state index contributed by atoms with van der Waals surface area (Å²) in [5.41, 5.74) is 0. The van der Waals surface area contributed by atoms with Crippen molar-refractivity contribution in [3.05, 3.63) is 0 Å². The van der Waals surface area contributed by atoms with Crippen LogP contribution in [0.25, 0.3) is 0 Å². The van der Waals surface area contributed by atoms with Crippen LogP contribution in [0.3, 0.4) is 0 Å². The van der Waals surface area contributed by atoms with Gasteiger partial charge in [0.1, 0.15) is 26.2 Å². The van der Waals surface area contributed by atoms with Gasteiger partial charge in [0.15, 0.2) is 0 Å². The summed E-state index contributed by atoms with van der Waals surface area (Å²) in [6.07, 6.45) is 0. The quantitative estimate of drug-likeness (QED) is 0.500. The highest BCUT2D eigenvalue weighted by Gasteiger charge is 2.34. The van der Waals surface area contributed by atoms with E-state index in [0.29, 0.717) is 30.7 Å². The molecule has 0 radical (unpaired) electrons. The van der Waals surface area contributed by atoms with E-state index in [1.165, 1.54) is 0 Å². The Kier molecular flexibility index (Phi) is 7.78. The molecule has 1 unspecified atom stereocenters. The van der Waals surface area contributed by atoms with Crippen molar-refractivity contribution >= 4 is 7.37 Å². The molecule has 0 aromatic carbocycles. The molecule has 0 amide bonds. The van der Waals surface area contributed by atoms with Crippen LogP contribution in [0.5, 0.6) is 0 Å². The smallest absolute Gasteiger partial charge is 0.205 e. The molecule has 116 valence electrons. The topological polar surface area (TPSA) is 66.8 Å². The van der Waals surface area contributed by atoms with Gasteiger partial charge >= 0.3 is 0 Å². The maximum atomic E-state index is 12.4. The Morgan fingerprint density at radius 3 is 1.89 bits per heavy atom. The monoisotopic (exact) mass is 296 g/mol. The molecule has 0 bridgehead atoms. The van der Waals surface area contributed by atoms with Crippen LogP contribution in [0.4, 0.5) is 0 Å². The van der Waals surface area contributed by atoms with Crippen LogP contribution in [0.1, 0.15) is 27.7 Å². The third-order valence-corrected chi connectivity index (χ3v) is 7.05. The summed E-state index contributed by atoms with van der Waals surface area (Å²) in [6, 6.07) is 0. The van der Waals surface area contributed by atoms with Crippen molar-refractivity contribution in [3.63, 3.8) is 0 Å². The molecule has 0 fully saturated rings. The van der Waals surface area contributed by atoms with E-state index in [4.69, 9.17) is 14.7 Å². The lowest BCUT2D eigenvalue weighted by Gasteiger charge is -2.37. The first-order valence-electron chi connectivity index (χ1n) is 6.93. The zero-order valence-electron chi connectivity index (χ0n) is 13.1. The average Bonchev–Trinajstić information content (AvgIpc) is 2.27. The predicted molar refractivity (Wildman–Crippen MR) is 78.8 cm³/mol. The van der Waals surface area contributed by atoms with Crippen molar-refractivity contribution in [1.82, 2.24) is 0 Å². The fourth-order valence-corrected chi connectivity index (χ4v) is 2.65. The molecule has 0 aliphatic heterocycles. The van der Waals surface area contributed by atoms with Crippen molar-refractivity contribution in [1.29, 1.82) is 0 Å². The van der Waals surface area contributed by atoms with Gasteiger partial charge in [0.05, 0.1) is 19.8 Å². The first kappa shape index (κ1) is 19.1. The van der Waals surface area contributed by atoms with Crippen molar-refractivity contribution in [2.24, 2.45) is 0 Å². The Morgan fingerprint density at radius 1 is 1.11 bits per heavy atom. The molecule has 0 saturated carbocycles. The Balaban J connectivity index is 4.53. The minimum atomic E-state index is -2.65. The van der Waals surface area contributed by atoms with Crippen molar-refractivity contribution in [2.45, 2.75) is 32.9 Å². The van der Waals surface area contributed by atoms with E-state index in [0.717, 1.165) is 6.54 Å². The van der Waals surface area contributed by atoms with Crippen LogP contribution in [0.15, 0.2) is 0 Å². The Morgan fingerprint density at radius 2 is 1.58 bits per heavy atom. The average molecular weight is 296 g/mol. The van der Waals surface area contributed by atoms with Gasteiger partial charge in [-0.15, -0.1) is 0 Å². The van der Waals surface area contributed by atoms with E-state index in [9.17, 15) is 4.57 Å². The number of aliphatic hydroxyl groups excluding tert-OH is 2. The number of quaternary nitrogens is 1. The number of likely N-dealkylation sites (N-methyl/N-ethyl adjacent to an activating group) is 1. The molecular formula is C13H31NO4P+. The largest absolute Gasteiger partial charge is 0.391 e. The minimum absolute atomic E-state index is 0.0803. The van der Waals surface area contributed by atoms with Gasteiger partial charge in [0, 0.05) is 11.8 Å². The lowest BCUT2D eigenvalue weighted by Crippen LogP contribution is -2.53. The van der Waals surface area contributed by atoms with E-state index in [-0.39, 0.29) is 18.4 Å². The molecule has 2 N–H and O–H groups in total. The van der Waals surface area contributed by atoms with Crippen molar-refractivity contribution in [2.75, 3.05) is 52.7 Å². The zero-order chi connectivity index (χ0) is 15.2. The second-order valence-corrected chi connectivity index (χ2v) is 9.42. The lowest BCUT2D eigenvalue weighted by atomic mass is 10.3. The predicted octanol–water partition coefficient (Wildman–Crippen LogP) is 1.53. The fourth-order valence-electron chi connectivity index (χ4n) is 1.84. The summed E-state index contributed by atoms with van der Waals surface area (Å²) in [6.45, 7) is 12.6. The molecule has 5 nitrogen and oxygen atoms in total. The van der Waals surface area contributed by atoms with Gasteiger partial charge in [-0.2, -0.15) is 0 Å². The third-order valence-electron chi connectivity index (χ3n) is 3.94. The van der Waals surface area contributed by atoms with Crippen molar-refractivity contribution in [3.8, 4) is 0 Å². The summed E-state index contributed by atoms with van der Waals surface area (Å²) < 4.78 is 18.6. The molecule has 6 heteroatoms. The summed E-state index contributed by atoms with van der Waals surface area (Å²) in [5.74, 6) is 0.